The van der Waals surface area contributed by atoms with Gasteiger partial charge in [-0.2, -0.15) is 10.1 Å². The van der Waals surface area contributed by atoms with Crippen LogP contribution in [0.5, 0.6) is 5.88 Å². The van der Waals surface area contributed by atoms with Crippen molar-refractivity contribution < 1.29 is 4.74 Å². The largest absolute Gasteiger partial charge is 0.470 e. The molecule has 2 aromatic heterocycles. The van der Waals surface area contributed by atoms with E-state index in [0.29, 0.717) is 17.4 Å². The first kappa shape index (κ1) is 14.8. The summed E-state index contributed by atoms with van der Waals surface area (Å²) in [6.07, 6.45) is 0. The van der Waals surface area contributed by atoms with Crippen molar-refractivity contribution in [3.8, 4) is 11.7 Å². The van der Waals surface area contributed by atoms with Crippen LogP contribution in [0.4, 0.5) is 5.69 Å². The van der Waals surface area contributed by atoms with E-state index in [1.807, 2.05) is 40.7 Å². The zero-order chi connectivity index (χ0) is 15.1. The summed E-state index contributed by atoms with van der Waals surface area (Å²) in [7, 11) is 0. The summed E-state index contributed by atoms with van der Waals surface area (Å²) in [4.78, 5) is 4.48. The van der Waals surface area contributed by atoms with E-state index in [-0.39, 0.29) is 5.60 Å². The van der Waals surface area contributed by atoms with Crippen LogP contribution in [-0.2, 0) is 0 Å². The van der Waals surface area contributed by atoms with Crippen LogP contribution in [0.15, 0.2) is 16.6 Å². The minimum absolute atomic E-state index is 0.352. The summed E-state index contributed by atoms with van der Waals surface area (Å²) in [6.45, 7) is 9.80. The Morgan fingerprint density at radius 1 is 1.25 bits per heavy atom. The maximum absolute atomic E-state index is 5.92. The molecule has 0 fully saturated rings. The van der Waals surface area contributed by atoms with Crippen LogP contribution in [-0.4, -0.2) is 20.4 Å². The van der Waals surface area contributed by atoms with Crippen molar-refractivity contribution in [2.75, 3.05) is 5.73 Å². The second kappa shape index (κ2) is 5.09. The number of nitrogens with zero attached hydrogens (tertiary/aromatic N) is 3. The van der Waals surface area contributed by atoms with Gasteiger partial charge in [-0.15, -0.1) is 0 Å². The Balaban J connectivity index is 2.48. The van der Waals surface area contributed by atoms with E-state index < -0.39 is 0 Å². The number of aryl methyl sites for hydroxylation is 1. The second-order valence-electron chi connectivity index (χ2n) is 5.67. The molecule has 0 aliphatic carbocycles. The van der Waals surface area contributed by atoms with Gasteiger partial charge in [0.2, 0.25) is 5.88 Å². The molecule has 0 aromatic carbocycles. The first-order valence-corrected chi connectivity index (χ1v) is 7.16. The molecule has 0 spiro atoms. The molecule has 0 saturated heterocycles. The van der Waals surface area contributed by atoms with Crippen molar-refractivity contribution in [3.05, 3.63) is 28.0 Å². The lowest BCUT2D eigenvalue weighted by molar-refractivity contribution is 0.125. The van der Waals surface area contributed by atoms with Gasteiger partial charge in [0.25, 0.3) is 0 Å². The van der Waals surface area contributed by atoms with E-state index in [1.165, 1.54) is 0 Å². The Hall–Kier alpha value is -1.56. The van der Waals surface area contributed by atoms with Crippen molar-refractivity contribution in [1.29, 1.82) is 0 Å². The number of hydrogen-bond acceptors (Lipinski definition) is 4. The zero-order valence-corrected chi connectivity index (χ0v) is 13.9. The van der Waals surface area contributed by atoms with Gasteiger partial charge >= 0.3 is 0 Å². The van der Waals surface area contributed by atoms with Gasteiger partial charge in [0.05, 0.1) is 21.5 Å². The van der Waals surface area contributed by atoms with Crippen LogP contribution < -0.4 is 10.5 Å². The van der Waals surface area contributed by atoms with Crippen LogP contribution in [0.3, 0.4) is 0 Å². The van der Waals surface area contributed by atoms with Crippen LogP contribution in [0.25, 0.3) is 5.82 Å². The Kier molecular flexibility index (Phi) is 3.77. The molecule has 2 rings (SSSR count). The lowest BCUT2D eigenvalue weighted by atomic mass is 10.2. The molecule has 108 valence electrons. The summed E-state index contributed by atoms with van der Waals surface area (Å²) < 4.78 is 8.54. The number of nitrogens with two attached hydrogens (primary N) is 1. The minimum atomic E-state index is -0.352. The number of pyridine rings is 1. The highest BCUT2D eigenvalue weighted by Crippen LogP contribution is 2.27. The van der Waals surface area contributed by atoms with Crippen LogP contribution in [0.1, 0.15) is 32.2 Å². The predicted octanol–water partition coefficient (Wildman–Crippen LogP) is 3.41. The Labute approximate surface area is 127 Å². The fourth-order valence-corrected chi connectivity index (χ4v) is 2.03. The van der Waals surface area contributed by atoms with E-state index >= 15 is 0 Å². The molecule has 0 amide bonds. The molecule has 2 aromatic rings. The fraction of sp³-hybridized carbons (Fsp3) is 0.429. The number of ether oxygens (including phenoxy) is 1. The molecule has 0 unspecified atom stereocenters. The third-order valence-corrected chi connectivity index (χ3v) is 3.85. The van der Waals surface area contributed by atoms with Crippen molar-refractivity contribution in [2.24, 2.45) is 0 Å². The summed E-state index contributed by atoms with van der Waals surface area (Å²) in [5.74, 6) is 1.11. The van der Waals surface area contributed by atoms with Gasteiger partial charge in [-0.3, -0.25) is 0 Å². The Morgan fingerprint density at radius 2 is 1.90 bits per heavy atom. The normalized spacial score (nSPS) is 11.7. The Morgan fingerprint density at radius 3 is 2.40 bits per heavy atom. The molecule has 0 saturated carbocycles. The maximum atomic E-state index is 5.92. The minimum Gasteiger partial charge on any atom is -0.470 e. The van der Waals surface area contributed by atoms with Crippen LogP contribution >= 0.6 is 15.9 Å². The molecule has 2 heterocycles. The fourth-order valence-electron chi connectivity index (χ4n) is 1.78. The number of aromatic nitrogens is 3. The molecule has 5 nitrogen and oxygen atoms in total. The topological polar surface area (TPSA) is 66.0 Å². The maximum Gasteiger partial charge on any atom is 0.239 e. The van der Waals surface area contributed by atoms with Crippen molar-refractivity contribution in [2.45, 2.75) is 40.2 Å². The molecular weight excluding hydrogens is 320 g/mol. The summed E-state index contributed by atoms with van der Waals surface area (Å²) in [5, 5.41) is 4.46. The molecule has 0 radical (unpaired) electrons. The first-order chi connectivity index (χ1) is 9.19. The number of halogens is 1. The zero-order valence-electron chi connectivity index (χ0n) is 12.4. The monoisotopic (exact) mass is 338 g/mol. The highest BCUT2D eigenvalue weighted by molar-refractivity contribution is 9.10. The van der Waals surface area contributed by atoms with Crippen molar-refractivity contribution >= 4 is 21.6 Å². The van der Waals surface area contributed by atoms with Crippen LogP contribution in [0, 0.1) is 13.8 Å². The summed E-state index contributed by atoms with van der Waals surface area (Å²) >= 11 is 3.51. The number of nitrogen functional groups attached to an aromatic ring is 1. The molecule has 0 bridgehead atoms. The van der Waals surface area contributed by atoms with Gasteiger partial charge in [0.1, 0.15) is 5.60 Å². The van der Waals surface area contributed by atoms with Crippen molar-refractivity contribution in [3.63, 3.8) is 0 Å². The lowest BCUT2D eigenvalue weighted by Crippen LogP contribution is -2.24. The van der Waals surface area contributed by atoms with E-state index in [1.54, 1.807) is 10.7 Å². The number of anilines is 1. The molecule has 0 atom stereocenters. The molecule has 0 aliphatic rings. The van der Waals surface area contributed by atoms with Gasteiger partial charge in [0.15, 0.2) is 5.82 Å². The highest BCUT2D eigenvalue weighted by atomic mass is 79.9. The second-order valence-corrected chi connectivity index (χ2v) is 6.47. The number of rotatable bonds is 2. The standard InChI is InChI=1S/C14H19BrN4O/c1-8-12(15)9(2)19(18-8)11-7-6-10(16)13(17-11)20-14(3,4)5/h6-7H,16H2,1-5H3. The smallest absolute Gasteiger partial charge is 0.239 e. The Bertz CT molecular complexity index is 643. The van der Waals surface area contributed by atoms with E-state index in [4.69, 9.17) is 10.5 Å². The average Bonchev–Trinajstić information content (AvgIpc) is 2.58. The van der Waals surface area contributed by atoms with Gasteiger partial charge in [0, 0.05) is 0 Å². The van der Waals surface area contributed by atoms with Gasteiger partial charge < -0.3 is 10.5 Å². The SMILES string of the molecule is Cc1nn(-c2ccc(N)c(OC(C)(C)C)n2)c(C)c1Br. The van der Waals surface area contributed by atoms with Crippen LogP contribution in [0.2, 0.25) is 0 Å². The highest BCUT2D eigenvalue weighted by Gasteiger charge is 2.17. The van der Waals surface area contributed by atoms with Gasteiger partial charge in [-0.25, -0.2) is 4.68 Å². The third-order valence-electron chi connectivity index (χ3n) is 2.70. The molecular formula is C14H19BrN4O. The molecule has 2 N–H and O–H groups in total. The quantitative estimate of drug-likeness (QED) is 0.911. The molecule has 6 heteroatoms. The lowest BCUT2D eigenvalue weighted by Gasteiger charge is -2.21. The van der Waals surface area contributed by atoms with E-state index in [0.717, 1.165) is 15.9 Å². The number of hydrogen-bond donors (Lipinski definition) is 1. The van der Waals surface area contributed by atoms with Crippen molar-refractivity contribution in [1.82, 2.24) is 14.8 Å². The predicted molar refractivity (Wildman–Crippen MR) is 83.3 cm³/mol. The molecule has 20 heavy (non-hydrogen) atoms. The first-order valence-electron chi connectivity index (χ1n) is 6.36. The third kappa shape index (κ3) is 2.95. The van der Waals surface area contributed by atoms with E-state index in [9.17, 15) is 0 Å². The summed E-state index contributed by atoms with van der Waals surface area (Å²) in [6, 6.07) is 3.62. The van der Waals surface area contributed by atoms with Gasteiger partial charge in [-0.1, -0.05) is 0 Å². The molecule has 0 aliphatic heterocycles. The summed E-state index contributed by atoms with van der Waals surface area (Å²) in [5.41, 5.74) is 7.99. The average molecular weight is 339 g/mol. The van der Waals surface area contributed by atoms with E-state index in [2.05, 4.69) is 26.0 Å². The van der Waals surface area contributed by atoms with Gasteiger partial charge in [-0.05, 0) is 62.7 Å².